The molecule has 0 saturated carbocycles. The zero-order valence-electron chi connectivity index (χ0n) is 13.5. The highest BCUT2D eigenvalue weighted by molar-refractivity contribution is 8.00. The normalized spacial score (nSPS) is 12.7. The predicted molar refractivity (Wildman–Crippen MR) is 89.4 cm³/mol. The Hall–Kier alpha value is -2.55. The van der Waals surface area contributed by atoms with E-state index in [2.05, 4.69) is 25.7 Å². The van der Waals surface area contributed by atoms with Crippen LogP contribution in [0.1, 0.15) is 27.2 Å². The SMILES string of the molecule is CC(=O)C/C(C)=N/NC(=O)C(C)Sc1nnc(-c2ccncc2)o1. The second kappa shape index (κ2) is 8.34. The third kappa shape index (κ3) is 5.27. The molecule has 9 heteroatoms. The van der Waals surface area contributed by atoms with Crippen molar-refractivity contribution in [3.8, 4) is 11.5 Å². The van der Waals surface area contributed by atoms with Gasteiger partial charge in [0, 0.05) is 30.1 Å². The van der Waals surface area contributed by atoms with Crippen molar-refractivity contribution in [2.75, 3.05) is 0 Å². The van der Waals surface area contributed by atoms with E-state index in [1.807, 2.05) is 0 Å². The minimum Gasteiger partial charge on any atom is -0.411 e. The monoisotopic (exact) mass is 347 g/mol. The van der Waals surface area contributed by atoms with E-state index in [0.29, 0.717) is 11.6 Å². The molecule has 1 unspecified atom stereocenters. The number of rotatable bonds is 7. The largest absolute Gasteiger partial charge is 0.411 e. The van der Waals surface area contributed by atoms with Gasteiger partial charge in [0.05, 0.1) is 5.25 Å². The molecule has 0 aliphatic heterocycles. The molecule has 0 aliphatic carbocycles. The molecule has 0 spiro atoms. The molecule has 2 aromatic heterocycles. The fourth-order valence-corrected chi connectivity index (χ4v) is 2.39. The Kier molecular flexibility index (Phi) is 6.19. The summed E-state index contributed by atoms with van der Waals surface area (Å²) in [6.45, 7) is 4.85. The molecule has 1 N–H and O–H groups in total. The van der Waals surface area contributed by atoms with Gasteiger partial charge in [0.2, 0.25) is 5.89 Å². The Bertz CT molecular complexity index is 745. The number of hydrogen-bond acceptors (Lipinski definition) is 8. The lowest BCUT2D eigenvalue weighted by Gasteiger charge is -2.06. The van der Waals surface area contributed by atoms with Gasteiger partial charge in [0.1, 0.15) is 5.78 Å². The molecule has 0 saturated heterocycles. The van der Waals surface area contributed by atoms with Gasteiger partial charge in [-0.1, -0.05) is 11.8 Å². The number of carbonyl (C=O) groups excluding carboxylic acids is 2. The highest BCUT2D eigenvalue weighted by Gasteiger charge is 2.18. The molecule has 0 aliphatic rings. The van der Waals surface area contributed by atoms with Crippen molar-refractivity contribution in [2.45, 2.75) is 37.7 Å². The molecule has 2 aromatic rings. The van der Waals surface area contributed by atoms with Crippen molar-refractivity contribution in [3.05, 3.63) is 24.5 Å². The van der Waals surface area contributed by atoms with E-state index in [9.17, 15) is 9.59 Å². The first-order valence-corrected chi connectivity index (χ1v) is 8.06. The number of aromatic nitrogens is 3. The predicted octanol–water partition coefficient (Wildman–Crippen LogP) is 2.08. The fraction of sp³-hybridized carbons (Fsp3) is 0.333. The summed E-state index contributed by atoms with van der Waals surface area (Å²) in [5, 5.41) is 11.6. The summed E-state index contributed by atoms with van der Waals surface area (Å²) in [5.74, 6) is 0.0387. The molecular weight excluding hydrogens is 330 g/mol. The Morgan fingerprint density at radius 3 is 2.67 bits per heavy atom. The highest BCUT2D eigenvalue weighted by Crippen LogP contribution is 2.25. The van der Waals surface area contributed by atoms with Crippen LogP contribution in [0.3, 0.4) is 0 Å². The van der Waals surface area contributed by atoms with Gasteiger partial charge in [0.25, 0.3) is 11.1 Å². The topological polar surface area (TPSA) is 110 Å². The molecule has 2 rings (SSSR count). The summed E-state index contributed by atoms with van der Waals surface area (Å²) in [5.41, 5.74) is 3.73. The lowest BCUT2D eigenvalue weighted by molar-refractivity contribution is -0.120. The number of nitrogens with zero attached hydrogens (tertiary/aromatic N) is 4. The maximum absolute atomic E-state index is 12.0. The van der Waals surface area contributed by atoms with E-state index in [1.54, 1.807) is 38.4 Å². The van der Waals surface area contributed by atoms with Crippen LogP contribution in [0.5, 0.6) is 0 Å². The average molecular weight is 347 g/mol. The minimum atomic E-state index is -0.482. The van der Waals surface area contributed by atoms with Crippen molar-refractivity contribution in [3.63, 3.8) is 0 Å². The summed E-state index contributed by atoms with van der Waals surface area (Å²) < 4.78 is 5.52. The van der Waals surface area contributed by atoms with E-state index in [1.165, 1.54) is 6.92 Å². The van der Waals surface area contributed by atoms with Gasteiger partial charge in [-0.2, -0.15) is 5.10 Å². The van der Waals surface area contributed by atoms with Crippen LogP contribution in [0, 0.1) is 0 Å². The van der Waals surface area contributed by atoms with Crippen molar-refractivity contribution in [1.82, 2.24) is 20.6 Å². The van der Waals surface area contributed by atoms with Gasteiger partial charge in [-0.15, -0.1) is 10.2 Å². The Labute approximate surface area is 143 Å². The summed E-state index contributed by atoms with van der Waals surface area (Å²) in [4.78, 5) is 26.9. The molecule has 0 aromatic carbocycles. The quantitative estimate of drug-likeness (QED) is 0.464. The molecule has 126 valence electrons. The van der Waals surface area contributed by atoms with Crippen molar-refractivity contribution >= 4 is 29.2 Å². The van der Waals surface area contributed by atoms with Gasteiger partial charge in [-0.25, -0.2) is 5.43 Å². The maximum atomic E-state index is 12.0. The van der Waals surface area contributed by atoms with E-state index in [-0.39, 0.29) is 23.3 Å². The fourth-order valence-electron chi connectivity index (χ4n) is 1.71. The number of Topliss-reactive ketones (excluding diaryl/α,β-unsaturated/α-hetero) is 1. The van der Waals surface area contributed by atoms with E-state index < -0.39 is 5.25 Å². The number of hydrogen-bond donors (Lipinski definition) is 1. The first kappa shape index (κ1) is 17.8. The summed E-state index contributed by atoms with van der Waals surface area (Å²) >= 11 is 1.13. The highest BCUT2D eigenvalue weighted by atomic mass is 32.2. The van der Waals surface area contributed by atoms with Crippen LogP contribution < -0.4 is 5.43 Å². The number of nitrogens with one attached hydrogen (secondary N) is 1. The maximum Gasteiger partial charge on any atom is 0.277 e. The molecule has 1 atom stereocenters. The molecule has 0 radical (unpaired) electrons. The number of pyridine rings is 1. The van der Waals surface area contributed by atoms with E-state index in [0.717, 1.165) is 17.3 Å². The molecule has 24 heavy (non-hydrogen) atoms. The Morgan fingerprint density at radius 2 is 2.00 bits per heavy atom. The molecule has 0 fully saturated rings. The van der Waals surface area contributed by atoms with Gasteiger partial charge in [-0.05, 0) is 32.9 Å². The molecule has 8 nitrogen and oxygen atoms in total. The van der Waals surface area contributed by atoms with Gasteiger partial charge < -0.3 is 4.42 Å². The van der Waals surface area contributed by atoms with Crippen LogP contribution in [0.25, 0.3) is 11.5 Å². The Balaban J connectivity index is 1.92. The van der Waals surface area contributed by atoms with Crippen molar-refractivity contribution in [2.24, 2.45) is 5.10 Å². The van der Waals surface area contributed by atoms with Crippen molar-refractivity contribution in [1.29, 1.82) is 0 Å². The molecule has 1 amide bonds. The van der Waals surface area contributed by atoms with Crippen LogP contribution in [-0.2, 0) is 9.59 Å². The zero-order chi connectivity index (χ0) is 17.5. The smallest absolute Gasteiger partial charge is 0.277 e. The van der Waals surface area contributed by atoms with Gasteiger partial charge in [-0.3, -0.25) is 14.6 Å². The van der Waals surface area contributed by atoms with Crippen LogP contribution in [0.4, 0.5) is 0 Å². The van der Waals surface area contributed by atoms with Crippen LogP contribution in [-0.4, -0.2) is 37.8 Å². The first-order valence-electron chi connectivity index (χ1n) is 7.18. The van der Waals surface area contributed by atoms with Crippen LogP contribution in [0.2, 0.25) is 0 Å². The summed E-state index contributed by atoms with van der Waals surface area (Å²) in [6.07, 6.45) is 3.47. The third-order valence-electron chi connectivity index (χ3n) is 2.84. The van der Waals surface area contributed by atoms with Gasteiger partial charge in [0.15, 0.2) is 0 Å². The zero-order valence-corrected chi connectivity index (χ0v) is 14.3. The lowest BCUT2D eigenvalue weighted by Crippen LogP contribution is -2.27. The minimum absolute atomic E-state index is 0.0116. The average Bonchev–Trinajstić information content (AvgIpc) is 3.01. The summed E-state index contributed by atoms with van der Waals surface area (Å²) in [6, 6.07) is 3.51. The molecule has 2 heterocycles. The summed E-state index contributed by atoms with van der Waals surface area (Å²) in [7, 11) is 0. The number of hydrazone groups is 1. The second-order valence-electron chi connectivity index (χ2n) is 5.07. The first-order chi connectivity index (χ1) is 11.5. The van der Waals surface area contributed by atoms with E-state index in [4.69, 9.17) is 4.42 Å². The second-order valence-corrected chi connectivity index (χ2v) is 6.36. The van der Waals surface area contributed by atoms with Crippen molar-refractivity contribution < 1.29 is 14.0 Å². The number of thioether (sulfide) groups is 1. The van der Waals surface area contributed by atoms with Crippen LogP contribution in [0.15, 0.2) is 39.3 Å². The van der Waals surface area contributed by atoms with Crippen LogP contribution >= 0.6 is 11.8 Å². The van der Waals surface area contributed by atoms with E-state index >= 15 is 0 Å². The lowest BCUT2D eigenvalue weighted by atomic mass is 10.2. The van der Waals surface area contributed by atoms with Gasteiger partial charge >= 0.3 is 0 Å². The molecular formula is C15H17N5O3S. The number of ketones is 1. The third-order valence-corrected chi connectivity index (χ3v) is 3.78. The Morgan fingerprint density at radius 1 is 1.29 bits per heavy atom. The number of amides is 1. The number of carbonyl (C=O) groups is 2. The standard InChI is InChI=1S/C15H17N5O3S/c1-9(8-10(2)21)17-18-13(22)11(3)24-15-20-19-14(23-15)12-4-6-16-7-5-12/h4-7,11H,8H2,1-3H3,(H,18,22)/b17-9+. The molecule has 0 bridgehead atoms.